The molecule has 0 atom stereocenters. The third-order valence-electron chi connectivity index (χ3n) is 3.07. The first-order valence-corrected chi connectivity index (χ1v) is 9.30. The maximum Gasteiger partial charge on any atom is 0.234 e. The van der Waals surface area contributed by atoms with Crippen molar-refractivity contribution < 1.29 is 4.79 Å². The number of benzene rings is 1. The third kappa shape index (κ3) is 5.21. The number of para-hydroxylation sites is 1. The Bertz CT molecular complexity index is 664. The van der Waals surface area contributed by atoms with Gasteiger partial charge in [0.25, 0.3) is 0 Å². The predicted molar refractivity (Wildman–Crippen MR) is 98.6 cm³/mol. The first-order valence-electron chi connectivity index (χ1n) is 7.49. The molecule has 1 aromatic heterocycles. The molecule has 0 aliphatic heterocycles. The van der Waals surface area contributed by atoms with Crippen LogP contribution in [0.15, 0.2) is 28.6 Å². The fraction of sp³-hybridized carbons (Fsp3) is 0.438. The summed E-state index contributed by atoms with van der Waals surface area (Å²) >= 11 is 2.86. The van der Waals surface area contributed by atoms with E-state index in [9.17, 15) is 4.79 Å². The number of hydrogen-bond donors (Lipinski definition) is 2. The van der Waals surface area contributed by atoms with E-state index >= 15 is 0 Å². The highest BCUT2D eigenvalue weighted by atomic mass is 32.2. The molecule has 0 aliphatic rings. The van der Waals surface area contributed by atoms with Gasteiger partial charge in [-0.05, 0) is 24.0 Å². The van der Waals surface area contributed by atoms with Gasteiger partial charge >= 0.3 is 0 Å². The first-order chi connectivity index (χ1) is 10.9. The molecule has 0 radical (unpaired) electrons. The molecule has 0 saturated heterocycles. The Kier molecular flexibility index (Phi) is 6.01. The van der Waals surface area contributed by atoms with Crippen molar-refractivity contribution >= 4 is 39.8 Å². The number of amides is 1. The van der Waals surface area contributed by atoms with Gasteiger partial charge in [0, 0.05) is 12.2 Å². The molecule has 124 valence electrons. The van der Waals surface area contributed by atoms with E-state index in [0.29, 0.717) is 5.75 Å². The zero-order valence-corrected chi connectivity index (χ0v) is 15.5. The fourth-order valence-electron chi connectivity index (χ4n) is 2.05. The van der Waals surface area contributed by atoms with E-state index in [0.717, 1.165) is 27.3 Å². The second-order valence-electron chi connectivity index (χ2n) is 6.04. The van der Waals surface area contributed by atoms with Crippen LogP contribution >= 0.6 is 23.1 Å². The number of carbonyl (C=O) groups is 1. The van der Waals surface area contributed by atoms with Crippen molar-refractivity contribution in [1.29, 1.82) is 0 Å². The minimum absolute atomic E-state index is 0.0169. The fourth-order valence-corrected chi connectivity index (χ4v) is 3.67. The van der Waals surface area contributed by atoms with Crippen LogP contribution in [-0.2, 0) is 10.2 Å². The van der Waals surface area contributed by atoms with Crippen molar-refractivity contribution in [2.75, 3.05) is 22.9 Å². The normalized spacial score (nSPS) is 11.3. The van der Waals surface area contributed by atoms with Gasteiger partial charge in [-0.2, -0.15) is 0 Å². The van der Waals surface area contributed by atoms with Crippen LogP contribution in [0, 0.1) is 0 Å². The average Bonchev–Trinajstić information content (AvgIpc) is 2.93. The lowest BCUT2D eigenvalue weighted by atomic mass is 9.86. The quantitative estimate of drug-likeness (QED) is 0.771. The van der Waals surface area contributed by atoms with E-state index < -0.39 is 0 Å². The molecule has 0 spiro atoms. The van der Waals surface area contributed by atoms with Crippen LogP contribution in [-0.4, -0.2) is 28.4 Å². The molecular formula is C16H22N4OS2. The van der Waals surface area contributed by atoms with E-state index in [1.54, 1.807) is 0 Å². The number of thioether (sulfide) groups is 1. The van der Waals surface area contributed by atoms with Gasteiger partial charge in [-0.1, -0.05) is 62.1 Å². The van der Waals surface area contributed by atoms with Crippen LogP contribution in [0.25, 0.3) is 0 Å². The van der Waals surface area contributed by atoms with Gasteiger partial charge in [0.15, 0.2) is 4.34 Å². The van der Waals surface area contributed by atoms with Crippen LogP contribution < -0.4 is 10.6 Å². The van der Waals surface area contributed by atoms with Gasteiger partial charge in [-0.3, -0.25) is 4.79 Å². The van der Waals surface area contributed by atoms with Crippen LogP contribution in [0.5, 0.6) is 0 Å². The second-order valence-corrected chi connectivity index (χ2v) is 8.24. The standard InChI is InChI=1S/C16H22N4OS2/c1-5-17-14-19-20-15(23-14)22-10-13(21)18-12-9-7-6-8-11(12)16(2,3)4/h6-9H,5,10H2,1-4H3,(H,17,19)(H,18,21). The van der Waals surface area contributed by atoms with Crippen molar-refractivity contribution in [2.45, 2.75) is 37.4 Å². The molecule has 2 N–H and O–H groups in total. The SMILES string of the molecule is CCNc1nnc(SCC(=O)Nc2ccccc2C(C)(C)C)s1. The van der Waals surface area contributed by atoms with Gasteiger partial charge in [0.05, 0.1) is 5.75 Å². The first kappa shape index (κ1) is 17.7. The molecular weight excluding hydrogens is 328 g/mol. The summed E-state index contributed by atoms with van der Waals surface area (Å²) in [6, 6.07) is 7.92. The Morgan fingerprint density at radius 1 is 1.26 bits per heavy atom. The van der Waals surface area contributed by atoms with Crippen molar-refractivity contribution in [2.24, 2.45) is 0 Å². The number of nitrogens with zero attached hydrogens (tertiary/aromatic N) is 2. The van der Waals surface area contributed by atoms with Gasteiger partial charge in [0.2, 0.25) is 11.0 Å². The molecule has 2 rings (SSSR count). The predicted octanol–water partition coefficient (Wildman–Crippen LogP) is 4.00. The summed E-state index contributed by atoms with van der Waals surface area (Å²) in [5.41, 5.74) is 1.98. The Morgan fingerprint density at radius 3 is 2.70 bits per heavy atom. The smallest absolute Gasteiger partial charge is 0.234 e. The van der Waals surface area contributed by atoms with Crippen LogP contribution in [0.3, 0.4) is 0 Å². The highest BCUT2D eigenvalue weighted by Gasteiger charge is 2.18. The molecule has 0 aliphatic carbocycles. The van der Waals surface area contributed by atoms with E-state index in [-0.39, 0.29) is 11.3 Å². The summed E-state index contributed by atoms with van der Waals surface area (Å²) in [5.74, 6) is 0.283. The molecule has 2 aromatic rings. The zero-order valence-electron chi connectivity index (χ0n) is 13.8. The number of aromatic nitrogens is 2. The Labute approximate surface area is 145 Å². The van der Waals surface area contributed by atoms with Crippen molar-refractivity contribution in [1.82, 2.24) is 10.2 Å². The molecule has 1 amide bonds. The van der Waals surface area contributed by atoms with E-state index in [4.69, 9.17) is 0 Å². The molecule has 23 heavy (non-hydrogen) atoms. The summed E-state index contributed by atoms with van der Waals surface area (Å²) < 4.78 is 0.792. The van der Waals surface area contributed by atoms with Gasteiger partial charge in [-0.25, -0.2) is 0 Å². The van der Waals surface area contributed by atoms with Gasteiger partial charge in [-0.15, -0.1) is 10.2 Å². The molecule has 7 heteroatoms. The van der Waals surface area contributed by atoms with Crippen molar-refractivity contribution in [3.63, 3.8) is 0 Å². The Morgan fingerprint density at radius 2 is 2.00 bits per heavy atom. The van der Waals surface area contributed by atoms with E-state index in [2.05, 4.69) is 47.7 Å². The van der Waals surface area contributed by atoms with Crippen LogP contribution in [0.4, 0.5) is 10.8 Å². The summed E-state index contributed by atoms with van der Waals surface area (Å²) in [6.07, 6.45) is 0. The summed E-state index contributed by atoms with van der Waals surface area (Å²) in [7, 11) is 0. The molecule has 5 nitrogen and oxygen atoms in total. The maximum absolute atomic E-state index is 12.2. The zero-order chi connectivity index (χ0) is 16.9. The van der Waals surface area contributed by atoms with Crippen LogP contribution in [0.2, 0.25) is 0 Å². The molecule has 0 bridgehead atoms. The maximum atomic E-state index is 12.2. The molecule has 0 fully saturated rings. The third-order valence-corrected chi connectivity index (χ3v) is 5.08. The summed E-state index contributed by atoms with van der Waals surface area (Å²) in [6.45, 7) is 9.22. The number of carbonyl (C=O) groups excluding carboxylic acids is 1. The number of anilines is 2. The van der Waals surface area contributed by atoms with Gasteiger partial charge < -0.3 is 10.6 Å². The molecule has 1 aromatic carbocycles. The topological polar surface area (TPSA) is 66.9 Å². The number of rotatable bonds is 6. The average molecular weight is 351 g/mol. The summed E-state index contributed by atoms with van der Waals surface area (Å²) in [5, 5.41) is 15.0. The van der Waals surface area contributed by atoms with Crippen molar-refractivity contribution in [3.8, 4) is 0 Å². The lowest BCUT2D eigenvalue weighted by Gasteiger charge is -2.22. The lowest BCUT2D eigenvalue weighted by molar-refractivity contribution is -0.113. The Hall–Kier alpha value is -1.60. The molecule has 0 unspecified atom stereocenters. The number of nitrogens with one attached hydrogen (secondary N) is 2. The molecule has 0 saturated carbocycles. The Balaban J connectivity index is 1.95. The van der Waals surface area contributed by atoms with Crippen LogP contribution in [0.1, 0.15) is 33.3 Å². The second kappa shape index (κ2) is 7.79. The lowest BCUT2D eigenvalue weighted by Crippen LogP contribution is -2.19. The van der Waals surface area contributed by atoms with E-state index in [1.165, 1.54) is 23.1 Å². The summed E-state index contributed by atoms with van der Waals surface area (Å²) in [4.78, 5) is 12.2. The molecule has 1 heterocycles. The highest BCUT2D eigenvalue weighted by Crippen LogP contribution is 2.30. The monoisotopic (exact) mass is 350 g/mol. The van der Waals surface area contributed by atoms with Crippen molar-refractivity contribution in [3.05, 3.63) is 29.8 Å². The minimum Gasteiger partial charge on any atom is -0.360 e. The van der Waals surface area contributed by atoms with Gasteiger partial charge in [0.1, 0.15) is 0 Å². The largest absolute Gasteiger partial charge is 0.360 e. The highest BCUT2D eigenvalue weighted by molar-refractivity contribution is 8.01. The number of hydrogen-bond acceptors (Lipinski definition) is 6. The minimum atomic E-state index is -0.0353. The van der Waals surface area contributed by atoms with E-state index in [1.807, 2.05) is 25.1 Å².